The summed E-state index contributed by atoms with van der Waals surface area (Å²) in [7, 11) is -2.02. The number of sulfonamides is 1. The van der Waals surface area contributed by atoms with Crippen molar-refractivity contribution in [3.8, 4) is 0 Å². The fourth-order valence-electron chi connectivity index (χ4n) is 3.71. The number of benzene rings is 1. The molecule has 2 aromatic rings. The fraction of sp³-hybridized carbons (Fsp3) is 0.455. The van der Waals surface area contributed by atoms with E-state index in [4.69, 9.17) is 4.89 Å². The molecule has 0 bridgehead atoms. The topological polar surface area (TPSA) is 113 Å². The highest BCUT2D eigenvalue weighted by Gasteiger charge is 2.34. The van der Waals surface area contributed by atoms with Crippen LogP contribution in [0.25, 0.3) is 0 Å². The average molecular weight is 496 g/mol. The van der Waals surface area contributed by atoms with Crippen LogP contribution < -0.4 is 10.6 Å². The molecule has 0 saturated carbocycles. The monoisotopic (exact) mass is 495 g/mol. The molecule has 1 saturated heterocycles. The Kier molecular flexibility index (Phi) is 8.91. The standard InChI is InChI=1S/C22H30FN5O5S/c1-4-34(30,31)28-10-9-27(14-19(28)15-33-32-3)13-17-6-8-20(23)21(11-17)26-22(29)25-18-7-5-16(2)24-12-18/h5-8,11-12,19H,4,9-10,13-15H2,1-3H3,(H2,25,26,29)/t19-/m1/s1. The molecule has 1 aromatic heterocycles. The van der Waals surface area contributed by atoms with Crippen LogP contribution in [-0.2, 0) is 26.3 Å². The van der Waals surface area contributed by atoms with Crippen LogP contribution in [0.2, 0.25) is 0 Å². The number of nitrogens with one attached hydrogen (secondary N) is 2. The number of nitrogens with zero attached hydrogens (tertiary/aromatic N) is 3. The van der Waals surface area contributed by atoms with Crippen LogP contribution in [0.1, 0.15) is 18.2 Å². The number of anilines is 2. The largest absolute Gasteiger partial charge is 0.323 e. The summed E-state index contributed by atoms with van der Waals surface area (Å²) in [5.74, 6) is -0.560. The Morgan fingerprint density at radius 1 is 1.24 bits per heavy atom. The Hall–Kier alpha value is -2.64. The minimum absolute atomic E-state index is 0.00416. The van der Waals surface area contributed by atoms with Crippen LogP contribution in [0.5, 0.6) is 0 Å². The number of hydrogen-bond donors (Lipinski definition) is 2. The van der Waals surface area contributed by atoms with E-state index in [0.717, 1.165) is 11.3 Å². The van der Waals surface area contributed by atoms with Gasteiger partial charge in [0.25, 0.3) is 0 Å². The SMILES string of the molecule is CCS(=O)(=O)N1CCN(Cc2ccc(F)c(NC(=O)Nc3ccc(C)nc3)c2)C[C@@H]1COOC. The number of hydrogen-bond acceptors (Lipinski definition) is 7. The Bertz CT molecular complexity index is 1080. The normalized spacial score (nSPS) is 17.5. The van der Waals surface area contributed by atoms with Gasteiger partial charge < -0.3 is 10.6 Å². The zero-order chi connectivity index (χ0) is 24.7. The molecule has 12 heteroatoms. The van der Waals surface area contributed by atoms with E-state index in [9.17, 15) is 17.6 Å². The molecule has 0 aliphatic carbocycles. The van der Waals surface area contributed by atoms with Gasteiger partial charge in [0.1, 0.15) is 12.4 Å². The second-order valence-electron chi connectivity index (χ2n) is 7.93. The molecule has 0 radical (unpaired) electrons. The summed E-state index contributed by atoms with van der Waals surface area (Å²) in [6.07, 6.45) is 1.52. The maximum Gasteiger partial charge on any atom is 0.323 e. The number of pyridine rings is 1. The quantitative estimate of drug-likeness (QED) is 0.406. The van der Waals surface area contributed by atoms with Crippen molar-refractivity contribution in [1.29, 1.82) is 0 Å². The number of carbonyl (C=O) groups excluding carboxylic acids is 1. The highest BCUT2D eigenvalue weighted by Crippen LogP contribution is 2.21. The number of rotatable bonds is 9. The van der Waals surface area contributed by atoms with E-state index in [1.165, 1.54) is 23.7 Å². The Balaban J connectivity index is 1.65. The lowest BCUT2D eigenvalue weighted by molar-refractivity contribution is -0.280. The number of halogens is 1. The Morgan fingerprint density at radius 2 is 2.03 bits per heavy atom. The predicted octanol–water partition coefficient (Wildman–Crippen LogP) is 2.59. The molecule has 2 amide bonds. The molecule has 10 nitrogen and oxygen atoms in total. The molecule has 1 aliphatic heterocycles. The van der Waals surface area contributed by atoms with E-state index < -0.39 is 27.9 Å². The first-order valence-corrected chi connectivity index (χ1v) is 12.5. The zero-order valence-electron chi connectivity index (χ0n) is 19.5. The Labute approximate surface area is 199 Å². The summed E-state index contributed by atoms with van der Waals surface area (Å²) in [6.45, 7) is 5.22. The van der Waals surface area contributed by atoms with Gasteiger partial charge in [-0.25, -0.2) is 27.4 Å². The first-order valence-electron chi connectivity index (χ1n) is 10.9. The molecule has 186 valence electrons. The average Bonchev–Trinajstić information content (AvgIpc) is 2.81. The number of carbonyl (C=O) groups is 1. The van der Waals surface area contributed by atoms with E-state index in [1.807, 2.05) is 6.92 Å². The minimum atomic E-state index is -3.39. The molecular formula is C22H30FN5O5S. The maximum absolute atomic E-state index is 14.4. The molecule has 2 N–H and O–H groups in total. The second kappa shape index (κ2) is 11.7. The number of piperazine rings is 1. The van der Waals surface area contributed by atoms with Gasteiger partial charge in [-0.15, -0.1) is 0 Å². The van der Waals surface area contributed by atoms with Crippen LogP contribution in [0, 0.1) is 12.7 Å². The molecule has 2 heterocycles. The molecule has 1 atom stereocenters. The highest BCUT2D eigenvalue weighted by atomic mass is 32.2. The minimum Gasteiger partial charge on any atom is -0.306 e. The van der Waals surface area contributed by atoms with Crippen LogP contribution >= 0.6 is 0 Å². The van der Waals surface area contributed by atoms with E-state index >= 15 is 0 Å². The van der Waals surface area contributed by atoms with Crippen molar-refractivity contribution >= 4 is 27.4 Å². The number of aromatic nitrogens is 1. The molecule has 1 fully saturated rings. The van der Waals surface area contributed by atoms with Crippen molar-refractivity contribution in [2.75, 3.05) is 49.7 Å². The number of amides is 2. The van der Waals surface area contributed by atoms with Crippen LogP contribution in [0.3, 0.4) is 0 Å². The lowest BCUT2D eigenvalue weighted by atomic mass is 10.1. The second-order valence-corrected chi connectivity index (χ2v) is 10.1. The van der Waals surface area contributed by atoms with Gasteiger partial charge in [0, 0.05) is 31.9 Å². The van der Waals surface area contributed by atoms with Gasteiger partial charge in [0.2, 0.25) is 10.0 Å². The molecule has 0 spiro atoms. The van der Waals surface area contributed by atoms with E-state index in [2.05, 4.69) is 25.4 Å². The van der Waals surface area contributed by atoms with Gasteiger partial charge in [-0.05, 0) is 43.7 Å². The summed E-state index contributed by atoms with van der Waals surface area (Å²) in [6, 6.07) is 6.96. The Morgan fingerprint density at radius 3 is 2.71 bits per heavy atom. The van der Waals surface area contributed by atoms with Crippen molar-refractivity contribution in [1.82, 2.24) is 14.2 Å². The molecule has 1 aliphatic rings. The van der Waals surface area contributed by atoms with E-state index in [-0.39, 0.29) is 18.0 Å². The predicted molar refractivity (Wildman–Crippen MR) is 126 cm³/mol. The van der Waals surface area contributed by atoms with Crippen LogP contribution in [0.15, 0.2) is 36.5 Å². The number of urea groups is 1. The van der Waals surface area contributed by atoms with Crippen molar-refractivity contribution in [3.05, 3.63) is 53.6 Å². The molecule has 1 aromatic carbocycles. The molecule has 34 heavy (non-hydrogen) atoms. The van der Waals surface area contributed by atoms with Crippen LogP contribution in [-0.4, -0.2) is 73.8 Å². The van der Waals surface area contributed by atoms with Gasteiger partial charge in [0.15, 0.2) is 0 Å². The summed E-state index contributed by atoms with van der Waals surface area (Å²) >= 11 is 0. The van der Waals surface area contributed by atoms with Gasteiger partial charge >= 0.3 is 6.03 Å². The third-order valence-corrected chi connectivity index (χ3v) is 7.39. The third-order valence-electron chi connectivity index (χ3n) is 5.47. The van der Waals surface area contributed by atoms with Gasteiger partial charge in [0.05, 0.1) is 36.5 Å². The molecule has 3 rings (SSSR count). The first-order chi connectivity index (χ1) is 16.2. The fourth-order valence-corrected chi connectivity index (χ4v) is 4.99. The molecule has 0 unspecified atom stereocenters. The van der Waals surface area contributed by atoms with Gasteiger partial charge in [-0.3, -0.25) is 9.88 Å². The summed E-state index contributed by atoms with van der Waals surface area (Å²) < 4.78 is 40.7. The molecular weight excluding hydrogens is 465 g/mol. The van der Waals surface area contributed by atoms with Gasteiger partial charge in [-0.2, -0.15) is 4.31 Å². The maximum atomic E-state index is 14.4. The zero-order valence-corrected chi connectivity index (χ0v) is 20.3. The summed E-state index contributed by atoms with van der Waals surface area (Å²) in [5.41, 5.74) is 2.12. The van der Waals surface area contributed by atoms with E-state index in [1.54, 1.807) is 31.2 Å². The van der Waals surface area contributed by atoms with Gasteiger partial charge in [-0.1, -0.05) is 6.07 Å². The smallest absolute Gasteiger partial charge is 0.306 e. The lowest BCUT2D eigenvalue weighted by Gasteiger charge is -2.40. The lowest BCUT2D eigenvalue weighted by Crippen LogP contribution is -2.56. The number of aryl methyl sites for hydroxylation is 1. The summed E-state index contributed by atoms with van der Waals surface area (Å²) in [5, 5.41) is 5.14. The summed E-state index contributed by atoms with van der Waals surface area (Å²) in [4.78, 5) is 28.2. The first kappa shape index (κ1) is 26.0. The van der Waals surface area contributed by atoms with Crippen molar-refractivity contribution in [3.63, 3.8) is 0 Å². The third kappa shape index (κ3) is 6.93. The van der Waals surface area contributed by atoms with Crippen molar-refractivity contribution < 1.29 is 27.4 Å². The van der Waals surface area contributed by atoms with E-state index in [0.29, 0.717) is 31.9 Å². The van der Waals surface area contributed by atoms with Crippen molar-refractivity contribution in [2.24, 2.45) is 0 Å². The van der Waals surface area contributed by atoms with Crippen molar-refractivity contribution in [2.45, 2.75) is 26.4 Å². The highest BCUT2D eigenvalue weighted by molar-refractivity contribution is 7.89. The van der Waals surface area contributed by atoms with Crippen LogP contribution in [0.4, 0.5) is 20.6 Å².